The van der Waals surface area contributed by atoms with Crippen molar-refractivity contribution in [3.05, 3.63) is 0 Å². The minimum absolute atomic E-state index is 0.0284. The van der Waals surface area contributed by atoms with E-state index in [1.165, 1.54) is 0 Å². The van der Waals surface area contributed by atoms with E-state index in [0.717, 1.165) is 0 Å². The predicted molar refractivity (Wildman–Crippen MR) is 57.0 cm³/mol. The van der Waals surface area contributed by atoms with Crippen LogP contribution in [0.1, 0.15) is 20.3 Å². The van der Waals surface area contributed by atoms with Crippen LogP contribution in [0.15, 0.2) is 0 Å². The Balaban J connectivity index is 2.53. The highest BCUT2D eigenvalue weighted by molar-refractivity contribution is 5.89. The van der Waals surface area contributed by atoms with Gasteiger partial charge < -0.3 is 16.0 Å². The lowest BCUT2D eigenvalue weighted by atomic mass is 10.0. The first-order chi connectivity index (χ1) is 6.85. The molecule has 0 bridgehead atoms. The molecule has 1 fully saturated rings. The summed E-state index contributed by atoms with van der Waals surface area (Å²) in [7, 11) is 1.71. The Morgan fingerprint density at radius 1 is 1.67 bits per heavy atom. The lowest BCUT2D eigenvalue weighted by Crippen LogP contribution is -2.51. The first kappa shape index (κ1) is 12.0. The minimum atomic E-state index is -0.401. The molecule has 1 aliphatic heterocycles. The van der Waals surface area contributed by atoms with Crippen molar-refractivity contribution in [3.63, 3.8) is 0 Å². The highest BCUT2D eigenvalue weighted by Gasteiger charge is 2.33. The molecule has 2 amide bonds. The van der Waals surface area contributed by atoms with Crippen molar-refractivity contribution in [2.45, 2.75) is 25.8 Å². The molecule has 1 rings (SSSR count). The first-order valence-corrected chi connectivity index (χ1v) is 5.12. The number of amides is 2. The largest absolute Gasteiger partial charge is 0.350 e. The molecule has 0 spiro atoms. The molecule has 0 aromatic rings. The van der Waals surface area contributed by atoms with Crippen molar-refractivity contribution in [1.82, 2.24) is 10.2 Å². The average Bonchev–Trinajstić information content (AvgIpc) is 2.47. The average molecular weight is 213 g/mol. The number of carbonyl (C=O) groups excluding carboxylic acids is 2. The fourth-order valence-electron chi connectivity index (χ4n) is 1.53. The molecule has 0 aromatic carbocycles. The van der Waals surface area contributed by atoms with Crippen molar-refractivity contribution < 1.29 is 9.59 Å². The number of hydrogen-bond acceptors (Lipinski definition) is 3. The van der Waals surface area contributed by atoms with Crippen LogP contribution in [0.4, 0.5) is 0 Å². The standard InChI is InChI=1S/C10H19N3O2/c1-10(2,6-11)12-9(15)7-4-8(14)13(3)5-7/h7H,4-6,11H2,1-3H3,(H,12,15). The molecule has 0 aromatic heterocycles. The summed E-state index contributed by atoms with van der Waals surface area (Å²) in [5, 5.41) is 2.85. The van der Waals surface area contributed by atoms with Crippen molar-refractivity contribution in [3.8, 4) is 0 Å². The second-order valence-corrected chi connectivity index (χ2v) is 4.75. The molecular formula is C10H19N3O2. The van der Waals surface area contributed by atoms with Gasteiger partial charge in [0.1, 0.15) is 0 Å². The SMILES string of the molecule is CN1CC(C(=O)NC(C)(C)CN)CC1=O. The van der Waals surface area contributed by atoms with Gasteiger partial charge in [0, 0.05) is 32.1 Å². The molecule has 3 N–H and O–H groups in total. The van der Waals surface area contributed by atoms with E-state index in [2.05, 4.69) is 5.32 Å². The zero-order valence-corrected chi connectivity index (χ0v) is 9.54. The molecule has 0 radical (unpaired) electrons. The van der Waals surface area contributed by atoms with Crippen LogP contribution in [0.5, 0.6) is 0 Å². The second kappa shape index (κ2) is 4.18. The molecule has 1 unspecified atom stereocenters. The van der Waals surface area contributed by atoms with Gasteiger partial charge in [-0.3, -0.25) is 9.59 Å². The van der Waals surface area contributed by atoms with Crippen LogP contribution in [0.25, 0.3) is 0 Å². The molecule has 1 heterocycles. The van der Waals surface area contributed by atoms with Crippen molar-refractivity contribution >= 4 is 11.8 Å². The fourth-order valence-corrected chi connectivity index (χ4v) is 1.53. The maximum atomic E-state index is 11.8. The van der Waals surface area contributed by atoms with Gasteiger partial charge >= 0.3 is 0 Å². The van der Waals surface area contributed by atoms with Crippen molar-refractivity contribution in [1.29, 1.82) is 0 Å². The van der Waals surface area contributed by atoms with E-state index in [0.29, 0.717) is 19.5 Å². The van der Waals surface area contributed by atoms with Crippen molar-refractivity contribution in [2.24, 2.45) is 11.7 Å². The van der Waals surface area contributed by atoms with Gasteiger partial charge in [0.25, 0.3) is 0 Å². The van der Waals surface area contributed by atoms with Crippen LogP contribution < -0.4 is 11.1 Å². The van der Waals surface area contributed by atoms with Crippen LogP contribution >= 0.6 is 0 Å². The molecule has 1 saturated heterocycles. The van der Waals surface area contributed by atoms with Crippen molar-refractivity contribution in [2.75, 3.05) is 20.1 Å². The van der Waals surface area contributed by atoms with Crippen LogP contribution in [-0.4, -0.2) is 42.4 Å². The van der Waals surface area contributed by atoms with Crippen LogP contribution in [0, 0.1) is 5.92 Å². The number of nitrogens with two attached hydrogens (primary N) is 1. The lowest BCUT2D eigenvalue weighted by Gasteiger charge is -2.25. The third kappa shape index (κ3) is 2.92. The molecule has 1 atom stereocenters. The van der Waals surface area contributed by atoms with E-state index in [9.17, 15) is 9.59 Å². The number of nitrogens with zero attached hydrogens (tertiary/aromatic N) is 1. The van der Waals surface area contributed by atoms with Crippen LogP contribution in [-0.2, 0) is 9.59 Å². The highest BCUT2D eigenvalue weighted by Crippen LogP contribution is 2.16. The Morgan fingerprint density at radius 3 is 2.67 bits per heavy atom. The zero-order chi connectivity index (χ0) is 11.6. The Kier molecular flexibility index (Phi) is 3.34. The van der Waals surface area contributed by atoms with Gasteiger partial charge in [-0.1, -0.05) is 0 Å². The molecule has 0 aliphatic carbocycles. The summed E-state index contributed by atoms with van der Waals surface area (Å²) in [6, 6.07) is 0. The normalized spacial score (nSPS) is 22.0. The summed E-state index contributed by atoms with van der Waals surface area (Å²) in [5.41, 5.74) is 5.11. The van der Waals surface area contributed by atoms with Gasteiger partial charge in [0.2, 0.25) is 11.8 Å². The molecule has 15 heavy (non-hydrogen) atoms. The Bertz CT molecular complexity index is 276. The van der Waals surface area contributed by atoms with Gasteiger partial charge in [-0.25, -0.2) is 0 Å². The summed E-state index contributed by atoms with van der Waals surface area (Å²) in [4.78, 5) is 24.6. The molecular weight excluding hydrogens is 194 g/mol. The number of hydrogen-bond donors (Lipinski definition) is 2. The van der Waals surface area contributed by atoms with E-state index in [1.807, 2.05) is 13.8 Å². The first-order valence-electron chi connectivity index (χ1n) is 5.12. The molecule has 0 saturated carbocycles. The number of likely N-dealkylation sites (tertiary alicyclic amines) is 1. The predicted octanol–water partition coefficient (Wildman–Crippen LogP) is -0.682. The summed E-state index contributed by atoms with van der Waals surface area (Å²) in [6.07, 6.45) is 0.309. The Morgan fingerprint density at radius 2 is 2.27 bits per heavy atom. The summed E-state index contributed by atoms with van der Waals surface area (Å²) >= 11 is 0. The smallest absolute Gasteiger partial charge is 0.225 e. The Hall–Kier alpha value is -1.10. The fraction of sp³-hybridized carbons (Fsp3) is 0.800. The third-order valence-electron chi connectivity index (χ3n) is 2.68. The van der Waals surface area contributed by atoms with Gasteiger partial charge in [-0.15, -0.1) is 0 Å². The zero-order valence-electron chi connectivity index (χ0n) is 9.54. The van der Waals surface area contributed by atoms with Gasteiger partial charge in [0.15, 0.2) is 0 Å². The van der Waals surface area contributed by atoms with Gasteiger partial charge in [-0.05, 0) is 13.8 Å². The topological polar surface area (TPSA) is 75.4 Å². The van der Waals surface area contributed by atoms with Crippen LogP contribution in [0.2, 0.25) is 0 Å². The number of rotatable bonds is 3. The monoisotopic (exact) mass is 213 g/mol. The number of carbonyl (C=O) groups is 2. The Labute approximate surface area is 90.0 Å². The second-order valence-electron chi connectivity index (χ2n) is 4.75. The van der Waals surface area contributed by atoms with Gasteiger partial charge in [-0.2, -0.15) is 0 Å². The van der Waals surface area contributed by atoms with E-state index in [4.69, 9.17) is 5.73 Å². The molecule has 86 valence electrons. The summed E-state index contributed by atoms with van der Waals surface area (Å²) < 4.78 is 0. The van der Waals surface area contributed by atoms with Crippen LogP contribution in [0.3, 0.4) is 0 Å². The van der Waals surface area contributed by atoms with E-state index >= 15 is 0 Å². The summed E-state index contributed by atoms with van der Waals surface area (Å²) in [6.45, 7) is 4.62. The van der Waals surface area contributed by atoms with E-state index in [-0.39, 0.29) is 17.7 Å². The van der Waals surface area contributed by atoms with E-state index < -0.39 is 5.54 Å². The maximum absolute atomic E-state index is 11.8. The molecule has 1 aliphatic rings. The quantitative estimate of drug-likeness (QED) is 0.652. The minimum Gasteiger partial charge on any atom is -0.350 e. The molecule has 5 heteroatoms. The van der Waals surface area contributed by atoms with E-state index in [1.54, 1.807) is 11.9 Å². The third-order valence-corrected chi connectivity index (χ3v) is 2.68. The highest BCUT2D eigenvalue weighted by atomic mass is 16.2. The number of nitrogens with one attached hydrogen (secondary N) is 1. The maximum Gasteiger partial charge on any atom is 0.225 e. The lowest BCUT2D eigenvalue weighted by molar-refractivity contribution is -0.129. The van der Waals surface area contributed by atoms with Gasteiger partial charge in [0.05, 0.1) is 5.92 Å². The summed E-state index contributed by atoms with van der Waals surface area (Å²) in [5.74, 6) is -0.280. The molecule has 5 nitrogen and oxygen atoms in total.